The Labute approximate surface area is 116 Å². The highest BCUT2D eigenvalue weighted by atomic mass is 16.6. The molecule has 0 aliphatic rings. The molecule has 1 unspecified atom stereocenters. The van der Waals surface area contributed by atoms with E-state index < -0.39 is 10.8 Å². The van der Waals surface area contributed by atoms with Crippen LogP contribution in [0.1, 0.15) is 17.3 Å². The van der Waals surface area contributed by atoms with Crippen LogP contribution in [-0.4, -0.2) is 41.4 Å². The minimum atomic E-state index is -0.610. The number of hydrogen-bond acceptors (Lipinski definition) is 6. The summed E-state index contributed by atoms with van der Waals surface area (Å²) in [4.78, 5) is 27.6. The van der Waals surface area contributed by atoms with Crippen LogP contribution in [0.25, 0.3) is 0 Å². The van der Waals surface area contributed by atoms with Crippen LogP contribution in [0.3, 0.4) is 0 Å². The van der Waals surface area contributed by atoms with Crippen LogP contribution in [0.5, 0.6) is 0 Å². The summed E-state index contributed by atoms with van der Waals surface area (Å²) in [5.41, 5.74) is -0.150. The Morgan fingerprint density at radius 2 is 2.35 bits per heavy atom. The topological polar surface area (TPSA) is 112 Å². The Morgan fingerprint density at radius 3 is 2.85 bits per heavy atom. The van der Waals surface area contributed by atoms with E-state index in [0.717, 1.165) is 6.20 Å². The number of carbonyl (C=O) groups is 1. The molecule has 0 saturated carbocycles. The molecular weight excluding hydrogens is 262 g/mol. The molecular formula is C12H15N5O3. The molecule has 0 bridgehead atoms. The van der Waals surface area contributed by atoms with E-state index in [0.29, 0.717) is 0 Å². The van der Waals surface area contributed by atoms with Gasteiger partial charge >= 0.3 is 0 Å². The Kier molecular flexibility index (Phi) is 4.97. The molecule has 0 aliphatic carbocycles. The molecule has 1 aromatic heterocycles. The lowest BCUT2D eigenvalue weighted by atomic mass is 10.1. The van der Waals surface area contributed by atoms with Crippen molar-refractivity contribution < 1.29 is 9.72 Å². The highest BCUT2D eigenvalue weighted by Crippen LogP contribution is 2.20. The summed E-state index contributed by atoms with van der Waals surface area (Å²) in [6.07, 6.45) is 1.08. The fourth-order valence-electron chi connectivity index (χ4n) is 1.66. The molecule has 1 N–H and O–H groups in total. The third kappa shape index (κ3) is 3.41. The molecule has 0 aromatic carbocycles. The predicted octanol–water partition coefficient (Wildman–Crippen LogP) is 1.26. The minimum absolute atomic E-state index is 0.106. The average molecular weight is 277 g/mol. The van der Waals surface area contributed by atoms with Crippen molar-refractivity contribution in [2.45, 2.75) is 6.92 Å². The van der Waals surface area contributed by atoms with Gasteiger partial charge in [0.1, 0.15) is 12.0 Å². The molecule has 20 heavy (non-hydrogen) atoms. The van der Waals surface area contributed by atoms with E-state index in [1.54, 1.807) is 14.0 Å². The highest BCUT2D eigenvalue weighted by molar-refractivity contribution is 5.99. The number of nitrogens with zero attached hydrogens (tertiary/aromatic N) is 4. The van der Waals surface area contributed by atoms with E-state index in [4.69, 9.17) is 5.26 Å². The fraction of sp³-hybridized carbons (Fsp3) is 0.417. The van der Waals surface area contributed by atoms with Crippen LogP contribution in [-0.2, 0) is 0 Å². The Bertz CT molecular complexity index is 567. The van der Waals surface area contributed by atoms with Gasteiger partial charge in [-0.15, -0.1) is 0 Å². The number of aromatic nitrogens is 1. The van der Waals surface area contributed by atoms with E-state index in [1.807, 2.05) is 6.07 Å². The Balaban J connectivity index is 3.10. The first-order valence-corrected chi connectivity index (χ1v) is 5.88. The molecule has 0 spiro atoms. The maximum atomic E-state index is 12.3. The van der Waals surface area contributed by atoms with Gasteiger partial charge in [0.05, 0.1) is 22.5 Å². The number of nitro groups is 1. The summed E-state index contributed by atoms with van der Waals surface area (Å²) in [7, 11) is 3.11. The third-order valence-corrected chi connectivity index (χ3v) is 2.67. The van der Waals surface area contributed by atoms with Crippen molar-refractivity contribution in [3.8, 4) is 6.07 Å². The smallest absolute Gasteiger partial charge is 0.288 e. The van der Waals surface area contributed by atoms with Gasteiger partial charge in [-0.3, -0.25) is 14.9 Å². The lowest BCUT2D eigenvalue weighted by Crippen LogP contribution is -2.31. The Hall–Kier alpha value is -2.69. The second-order valence-corrected chi connectivity index (χ2v) is 4.31. The quantitative estimate of drug-likeness (QED) is 0.640. The fourth-order valence-corrected chi connectivity index (χ4v) is 1.66. The molecule has 0 fully saturated rings. The van der Waals surface area contributed by atoms with Crippen LogP contribution in [0.15, 0.2) is 12.3 Å². The van der Waals surface area contributed by atoms with Crippen LogP contribution < -0.4 is 5.32 Å². The molecule has 1 amide bonds. The van der Waals surface area contributed by atoms with Crippen molar-refractivity contribution in [1.82, 2.24) is 9.88 Å². The van der Waals surface area contributed by atoms with Crippen molar-refractivity contribution in [3.63, 3.8) is 0 Å². The van der Waals surface area contributed by atoms with Crippen LogP contribution in [0.4, 0.5) is 11.5 Å². The number of pyridine rings is 1. The first-order valence-electron chi connectivity index (χ1n) is 5.88. The van der Waals surface area contributed by atoms with E-state index >= 15 is 0 Å². The van der Waals surface area contributed by atoms with E-state index in [1.165, 1.54) is 18.0 Å². The summed E-state index contributed by atoms with van der Waals surface area (Å²) in [5.74, 6) is -0.488. The van der Waals surface area contributed by atoms with Gasteiger partial charge in [-0.05, 0) is 6.92 Å². The zero-order chi connectivity index (χ0) is 15.3. The minimum Gasteiger partial charge on any atom is -0.372 e. The maximum absolute atomic E-state index is 12.3. The second-order valence-electron chi connectivity index (χ2n) is 4.31. The average Bonchev–Trinajstić information content (AvgIpc) is 2.45. The molecule has 8 heteroatoms. The molecule has 0 aliphatic heterocycles. The van der Waals surface area contributed by atoms with Gasteiger partial charge in [0.2, 0.25) is 0 Å². The maximum Gasteiger partial charge on any atom is 0.288 e. The van der Waals surface area contributed by atoms with Gasteiger partial charge in [-0.25, -0.2) is 4.98 Å². The number of rotatable bonds is 5. The predicted molar refractivity (Wildman–Crippen MR) is 72.2 cm³/mol. The summed E-state index contributed by atoms with van der Waals surface area (Å²) >= 11 is 0. The van der Waals surface area contributed by atoms with Crippen molar-refractivity contribution >= 4 is 17.4 Å². The summed E-state index contributed by atoms with van der Waals surface area (Å²) in [6.45, 7) is 1.93. The first kappa shape index (κ1) is 15.4. The van der Waals surface area contributed by atoms with Gasteiger partial charge in [0.15, 0.2) is 0 Å². The Morgan fingerprint density at radius 1 is 1.70 bits per heavy atom. The summed E-state index contributed by atoms with van der Waals surface area (Å²) in [5, 5.41) is 22.2. The number of nitriles is 1. The lowest BCUT2D eigenvalue weighted by molar-refractivity contribution is -0.385. The zero-order valence-corrected chi connectivity index (χ0v) is 11.5. The summed E-state index contributed by atoms with van der Waals surface area (Å²) in [6, 6.07) is 3.20. The first-order chi connectivity index (χ1) is 9.40. The second kappa shape index (κ2) is 6.47. The molecule has 1 aromatic rings. The molecule has 1 heterocycles. The van der Waals surface area contributed by atoms with Gasteiger partial charge in [-0.1, -0.05) is 0 Å². The molecule has 0 radical (unpaired) electrons. The number of amides is 1. The van der Waals surface area contributed by atoms with Crippen molar-refractivity contribution in [1.29, 1.82) is 5.26 Å². The van der Waals surface area contributed by atoms with Crippen molar-refractivity contribution in [2.75, 3.05) is 26.0 Å². The molecule has 0 saturated heterocycles. The monoisotopic (exact) mass is 277 g/mol. The van der Waals surface area contributed by atoms with Gasteiger partial charge in [0.25, 0.3) is 11.6 Å². The SMILES string of the molecule is CNc1ncc([N+](=O)[O-])cc1C(=O)N(C)CC(C)C#N. The molecule has 1 rings (SSSR count). The van der Waals surface area contributed by atoms with Gasteiger partial charge in [0, 0.05) is 26.7 Å². The lowest BCUT2D eigenvalue weighted by Gasteiger charge is -2.19. The van der Waals surface area contributed by atoms with Crippen molar-refractivity contribution in [3.05, 3.63) is 27.9 Å². The molecule has 1 atom stereocenters. The standard InChI is InChI=1S/C12H15N5O3/c1-8(5-13)7-16(3)12(18)10-4-9(17(19)20)6-15-11(10)14-2/h4,6,8H,7H2,1-3H3,(H,14,15). The van der Waals surface area contributed by atoms with Gasteiger partial charge < -0.3 is 10.2 Å². The van der Waals surface area contributed by atoms with Crippen molar-refractivity contribution in [2.24, 2.45) is 5.92 Å². The van der Waals surface area contributed by atoms with Crippen LogP contribution >= 0.6 is 0 Å². The van der Waals surface area contributed by atoms with Gasteiger partial charge in [-0.2, -0.15) is 5.26 Å². The number of anilines is 1. The number of hydrogen-bond donors (Lipinski definition) is 1. The number of nitrogens with one attached hydrogen (secondary N) is 1. The van der Waals surface area contributed by atoms with Crippen LogP contribution in [0, 0.1) is 27.4 Å². The largest absolute Gasteiger partial charge is 0.372 e. The van der Waals surface area contributed by atoms with E-state index in [9.17, 15) is 14.9 Å². The van der Waals surface area contributed by atoms with Crippen LogP contribution in [0.2, 0.25) is 0 Å². The number of carbonyl (C=O) groups excluding carboxylic acids is 1. The molecule has 106 valence electrons. The molecule has 8 nitrogen and oxygen atoms in total. The van der Waals surface area contributed by atoms with E-state index in [2.05, 4.69) is 10.3 Å². The summed E-state index contributed by atoms with van der Waals surface area (Å²) < 4.78 is 0. The third-order valence-electron chi connectivity index (χ3n) is 2.67. The highest BCUT2D eigenvalue weighted by Gasteiger charge is 2.21. The zero-order valence-electron chi connectivity index (χ0n) is 11.5. The van der Waals surface area contributed by atoms with E-state index in [-0.39, 0.29) is 29.5 Å². The normalized spacial score (nSPS) is 11.3.